The first-order chi connectivity index (χ1) is 10.7. The predicted octanol–water partition coefficient (Wildman–Crippen LogP) is 0.765. The summed E-state index contributed by atoms with van der Waals surface area (Å²) in [6.45, 7) is 10.4. The van der Waals surface area contributed by atoms with E-state index in [9.17, 15) is 4.79 Å². The fourth-order valence-electron chi connectivity index (χ4n) is 2.75. The standard InChI is InChI=1S/C15H18N6O/c1-17-12-8-13-15(18-9-12)19-10-14(22)21(13)7-6-20-4-2-11(16)3-5-20/h8-11H,2-7,16H2. The Kier molecular flexibility index (Phi) is 4.13. The van der Waals surface area contributed by atoms with Crippen molar-refractivity contribution in [3.63, 3.8) is 0 Å². The molecular weight excluding hydrogens is 280 g/mol. The van der Waals surface area contributed by atoms with Gasteiger partial charge in [0.05, 0.1) is 18.3 Å². The minimum Gasteiger partial charge on any atom is -0.328 e. The largest absolute Gasteiger partial charge is 0.328 e. The van der Waals surface area contributed by atoms with E-state index in [0.717, 1.165) is 32.5 Å². The molecule has 0 aromatic carbocycles. The fourth-order valence-corrected chi connectivity index (χ4v) is 2.75. The van der Waals surface area contributed by atoms with Crippen LogP contribution in [0.4, 0.5) is 5.69 Å². The number of nitrogens with two attached hydrogens (primary N) is 1. The third kappa shape index (κ3) is 2.98. The minimum atomic E-state index is -0.162. The molecule has 1 fully saturated rings. The van der Waals surface area contributed by atoms with Crippen molar-refractivity contribution in [1.82, 2.24) is 19.4 Å². The Balaban J connectivity index is 1.84. The van der Waals surface area contributed by atoms with Crippen LogP contribution in [0.3, 0.4) is 0 Å². The highest BCUT2D eigenvalue weighted by Gasteiger charge is 2.16. The molecule has 0 aliphatic carbocycles. The van der Waals surface area contributed by atoms with Crippen LogP contribution in [0.1, 0.15) is 12.8 Å². The van der Waals surface area contributed by atoms with Crippen LogP contribution < -0.4 is 11.3 Å². The number of rotatable bonds is 3. The fraction of sp³-hybridized carbons (Fsp3) is 0.467. The Morgan fingerprint density at radius 2 is 2.00 bits per heavy atom. The lowest BCUT2D eigenvalue weighted by atomic mass is 10.1. The van der Waals surface area contributed by atoms with Gasteiger partial charge in [0.1, 0.15) is 0 Å². The van der Waals surface area contributed by atoms with E-state index in [2.05, 4.69) is 19.7 Å². The predicted molar refractivity (Wildman–Crippen MR) is 83.7 cm³/mol. The molecule has 7 heteroatoms. The molecule has 2 N–H and O–H groups in total. The van der Waals surface area contributed by atoms with Crippen molar-refractivity contribution < 1.29 is 0 Å². The molecule has 114 valence electrons. The normalized spacial score (nSPS) is 16.7. The summed E-state index contributed by atoms with van der Waals surface area (Å²) in [5.74, 6) is 0. The molecule has 0 bridgehead atoms. The Morgan fingerprint density at radius 3 is 2.73 bits per heavy atom. The topological polar surface area (TPSA) is 81.4 Å². The average molecular weight is 298 g/mol. The van der Waals surface area contributed by atoms with Gasteiger partial charge in [-0.05, 0) is 32.0 Å². The van der Waals surface area contributed by atoms with Crippen LogP contribution in [-0.2, 0) is 6.54 Å². The highest BCUT2D eigenvalue weighted by atomic mass is 16.1. The lowest BCUT2D eigenvalue weighted by Crippen LogP contribution is -2.41. The highest BCUT2D eigenvalue weighted by Crippen LogP contribution is 2.16. The summed E-state index contributed by atoms with van der Waals surface area (Å²) in [6, 6.07) is 1.97. The van der Waals surface area contributed by atoms with E-state index in [0.29, 0.717) is 29.4 Å². The number of likely N-dealkylation sites (tertiary alicyclic amines) is 1. The van der Waals surface area contributed by atoms with E-state index in [1.165, 1.54) is 12.4 Å². The maximum Gasteiger partial charge on any atom is 0.269 e. The average Bonchev–Trinajstić information content (AvgIpc) is 2.55. The van der Waals surface area contributed by atoms with E-state index in [1.54, 1.807) is 10.6 Å². The summed E-state index contributed by atoms with van der Waals surface area (Å²) in [6.07, 6.45) is 4.76. The molecule has 22 heavy (non-hydrogen) atoms. The number of hydrogen-bond acceptors (Lipinski definition) is 5. The molecule has 1 aliphatic heterocycles. The van der Waals surface area contributed by atoms with Gasteiger partial charge >= 0.3 is 0 Å². The summed E-state index contributed by atoms with van der Waals surface area (Å²) in [5, 5.41) is 0. The first-order valence-corrected chi connectivity index (χ1v) is 7.38. The third-order valence-electron chi connectivity index (χ3n) is 4.09. The second kappa shape index (κ2) is 6.22. The minimum absolute atomic E-state index is 0.162. The van der Waals surface area contributed by atoms with Gasteiger partial charge in [0, 0.05) is 25.3 Å². The number of fused-ring (bicyclic) bond motifs is 1. The van der Waals surface area contributed by atoms with E-state index in [4.69, 9.17) is 12.3 Å². The molecule has 0 atom stereocenters. The molecule has 1 aliphatic rings. The van der Waals surface area contributed by atoms with Crippen LogP contribution in [0, 0.1) is 6.57 Å². The maximum absolute atomic E-state index is 12.1. The zero-order chi connectivity index (χ0) is 15.5. The lowest BCUT2D eigenvalue weighted by molar-refractivity contribution is 0.206. The molecule has 3 heterocycles. The Labute approximate surface area is 128 Å². The van der Waals surface area contributed by atoms with Gasteiger partial charge in [-0.15, -0.1) is 0 Å². The number of pyridine rings is 1. The second-order valence-corrected chi connectivity index (χ2v) is 5.58. The van der Waals surface area contributed by atoms with E-state index in [1.807, 2.05) is 0 Å². The first kappa shape index (κ1) is 14.6. The third-order valence-corrected chi connectivity index (χ3v) is 4.09. The second-order valence-electron chi connectivity index (χ2n) is 5.58. The molecular formula is C15H18N6O. The van der Waals surface area contributed by atoms with Crippen molar-refractivity contribution in [3.8, 4) is 0 Å². The lowest BCUT2D eigenvalue weighted by Gasteiger charge is -2.30. The molecule has 0 amide bonds. The summed E-state index contributed by atoms with van der Waals surface area (Å²) in [7, 11) is 0. The molecule has 1 saturated heterocycles. The Hall–Kier alpha value is -2.30. The smallest absolute Gasteiger partial charge is 0.269 e. The zero-order valence-corrected chi connectivity index (χ0v) is 12.3. The molecule has 0 saturated carbocycles. The molecule has 2 aromatic rings. The Bertz CT molecular complexity index is 770. The molecule has 0 radical (unpaired) electrons. The zero-order valence-electron chi connectivity index (χ0n) is 12.3. The van der Waals surface area contributed by atoms with Gasteiger partial charge in [0.15, 0.2) is 5.65 Å². The van der Waals surface area contributed by atoms with Gasteiger partial charge in [-0.1, -0.05) is 0 Å². The van der Waals surface area contributed by atoms with Crippen molar-refractivity contribution >= 4 is 16.9 Å². The van der Waals surface area contributed by atoms with Crippen molar-refractivity contribution in [3.05, 3.63) is 40.2 Å². The van der Waals surface area contributed by atoms with Gasteiger partial charge in [-0.2, -0.15) is 0 Å². The molecule has 2 aromatic heterocycles. The molecule has 0 unspecified atom stereocenters. The SMILES string of the molecule is [C-]#[N+]c1cnc2ncc(=O)n(CCN3CCC(N)CC3)c2c1. The summed E-state index contributed by atoms with van der Waals surface area (Å²) >= 11 is 0. The van der Waals surface area contributed by atoms with Gasteiger partial charge < -0.3 is 15.2 Å². The number of piperidine rings is 1. The van der Waals surface area contributed by atoms with E-state index in [-0.39, 0.29) is 5.56 Å². The summed E-state index contributed by atoms with van der Waals surface area (Å²) in [4.78, 5) is 26.0. The van der Waals surface area contributed by atoms with Crippen LogP contribution in [0.25, 0.3) is 16.0 Å². The number of nitrogens with zero attached hydrogens (tertiary/aromatic N) is 5. The van der Waals surface area contributed by atoms with Crippen molar-refractivity contribution in [2.24, 2.45) is 5.73 Å². The van der Waals surface area contributed by atoms with Gasteiger partial charge in [-0.25, -0.2) is 14.8 Å². The van der Waals surface area contributed by atoms with Gasteiger partial charge in [0.25, 0.3) is 5.56 Å². The van der Waals surface area contributed by atoms with E-state index >= 15 is 0 Å². The van der Waals surface area contributed by atoms with Crippen LogP contribution in [0.5, 0.6) is 0 Å². The van der Waals surface area contributed by atoms with Crippen LogP contribution in [-0.4, -0.2) is 45.1 Å². The van der Waals surface area contributed by atoms with Crippen LogP contribution in [0.15, 0.2) is 23.3 Å². The molecule has 7 nitrogen and oxygen atoms in total. The Morgan fingerprint density at radius 1 is 1.27 bits per heavy atom. The first-order valence-electron chi connectivity index (χ1n) is 7.38. The van der Waals surface area contributed by atoms with Crippen molar-refractivity contribution in [2.75, 3.05) is 19.6 Å². The molecule has 0 spiro atoms. The van der Waals surface area contributed by atoms with Gasteiger partial charge in [0.2, 0.25) is 5.69 Å². The number of aromatic nitrogens is 3. The molecule has 3 rings (SSSR count). The van der Waals surface area contributed by atoms with E-state index < -0.39 is 0 Å². The maximum atomic E-state index is 12.1. The summed E-state index contributed by atoms with van der Waals surface area (Å²) < 4.78 is 1.65. The van der Waals surface area contributed by atoms with Crippen molar-refractivity contribution in [2.45, 2.75) is 25.4 Å². The summed E-state index contributed by atoms with van der Waals surface area (Å²) in [5.41, 5.74) is 7.27. The quantitative estimate of drug-likeness (QED) is 0.846. The van der Waals surface area contributed by atoms with Crippen LogP contribution >= 0.6 is 0 Å². The van der Waals surface area contributed by atoms with Crippen LogP contribution in [0.2, 0.25) is 0 Å². The monoisotopic (exact) mass is 298 g/mol. The number of hydrogen-bond donors (Lipinski definition) is 1. The van der Waals surface area contributed by atoms with Crippen molar-refractivity contribution in [1.29, 1.82) is 0 Å². The highest BCUT2D eigenvalue weighted by molar-refractivity contribution is 5.74. The van der Waals surface area contributed by atoms with Gasteiger partial charge in [-0.3, -0.25) is 4.79 Å².